The fourth-order valence-electron chi connectivity index (χ4n) is 1.48. The van der Waals surface area contributed by atoms with Crippen molar-refractivity contribution in [3.8, 4) is 0 Å². The second-order valence-corrected chi connectivity index (χ2v) is 3.98. The maximum absolute atomic E-state index is 11.4. The van der Waals surface area contributed by atoms with Crippen molar-refractivity contribution >= 4 is 22.6 Å². The van der Waals surface area contributed by atoms with Crippen LogP contribution in [-0.4, -0.2) is 41.4 Å². The van der Waals surface area contributed by atoms with Gasteiger partial charge in [0.05, 0.1) is 17.6 Å². The number of fused-ring (bicyclic) bond motifs is 1. The molecule has 17 heavy (non-hydrogen) atoms. The summed E-state index contributed by atoms with van der Waals surface area (Å²) in [4.78, 5) is 29.3. The Labute approximate surface area is 97.6 Å². The number of hydrogen-bond donors (Lipinski definition) is 3. The van der Waals surface area contributed by atoms with Gasteiger partial charge in [0, 0.05) is 19.8 Å². The average Bonchev–Trinajstić information content (AvgIpc) is 2.64. The first-order valence-corrected chi connectivity index (χ1v) is 5.22. The molecule has 0 aliphatic heterocycles. The minimum absolute atomic E-state index is 0.00680. The highest BCUT2D eigenvalue weighted by Crippen LogP contribution is 2.14. The Morgan fingerprint density at radius 1 is 1.29 bits per heavy atom. The summed E-state index contributed by atoms with van der Waals surface area (Å²) >= 11 is 0. The average molecular weight is 234 g/mol. The number of benzene rings is 1. The van der Waals surface area contributed by atoms with Crippen LogP contribution in [0, 0.1) is 0 Å². The third kappa shape index (κ3) is 2.47. The van der Waals surface area contributed by atoms with Crippen molar-refractivity contribution in [3.63, 3.8) is 0 Å². The lowest BCUT2D eigenvalue weighted by Gasteiger charge is -2.11. The smallest absolute Gasteiger partial charge is 0.323 e. The minimum Gasteiger partial charge on any atom is -0.376 e. The molecule has 0 atom stereocenters. The van der Waals surface area contributed by atoms with Crippen molar-refractivity contribution < 1.29 is 4.79 Å². The first-order valence-electron chi connectivity index (χ1n) is 5.22. The largest absolute Gasteiger partial charge is 0.376 e. The lowest BCUT2D eigenvalue weighted by atomic mass is 10.3. The van der Waals surface area contributed by atoms with E-state index in [1.54, 1.807) is 26.2 Å². The van der Waals surface area contributed by atoms with Crippen LogP contribution in [0.4, 0.5) is 5.69 Å². The molecular weight excluding hydrogens is 220 g/mol. The fraction of sp³-hybridized carbons (Fsp3) is 0.273. The number of anilines is 1. The van der Waals surface area contributed by atoms with E-state index < -0.39 is 0 Å². The van der Waals surface area contributed by atoms with Crippen LogP contribution in [0.15, 0.2) is 23.0 Å². The van der Waals surface area contributed by atoms with Crippen molar-refractivity contribution in [1.82, 2.24) is 14.9 Å². The summed E-state index contributed by atoms with van der Waals surface area (Å²) in [6.07, 6.45) is 0. The summed E-state index contributed by atoms with van der Waals surface area (Å²) in [5, 5.41) is 3.00. The second kappa shape index (κ2) is 4.32. The summed E-state index contributed by atoms with van der Waals surface area (Å²) in [6, 6.07) is 5.39. The predicted molar refractivity (Wildman–Crippen MR) is 66.1 cm³/mol. The van der Waals surface area contributed by atoms with Crippen molar-refractivity contribution in [2.24, 2.45) is 0 Å². The Kier molecular flexibility index (Phi) is 2.86. The number of imidazole rings is 1. The molecule has 1 aromatic carbocycles. The standard InChI is InChI=1S/C11H14N4O2/c1-15(2)10(16)6-12-7-3-4-8-9(5-7)14-11(17)13-8/h3-5,12H,6H2,1-2H3,(H2,13,14,17). The van der Waals surface area contributed by atoms with Crippen molar-refractivity contribution in [2.45, 2.75) is 0 Å². The van der Waals surface area contributed by atoms with Crippen LogP contribution in [0.25, 0.3) is 11.0 Å². The number of H-pyrrole nitrogens is 2. The van der Waals surface area contributed by atoms with Gasteiger partial charge in [0.15, 0.2) is 0 Å². The van der Waals surface area contributed by atoms with E-state index in [0.29, 0.717) is 0 Å². The Morgan fingerprint density at radius 2 is 2.00 bits per heavy atom. The molecule has 3 N–H and O–H groups in total. The number of rotatable bonds is 3. The molecule has 1 heterocycles. The molecule has 0 aliphatic rings. The number of amides is 1. The molecule has 6 nitrogen and oxygen atoms in total. The van der Waals surface area contributed by atoms with Crippen LogP contribution in [-0.2, 0) is 4.79 Å². The van der Waals surface area contributed by atoms with Crippen LogP contribution < -0.4 is 11.0 Å². The second-order valence-electron chi connectivity index (χ2n) is 3.98. The number of likely N-dealkylation sites (N-methyl/N-ethyl adjacent to an activating group) is 1. The van der Waals surface area contributed by atoms with E-state index in [0.717, 1.165) is 16.7 Å². The van der Waals surface area contributed by atoms with Crippen molar-refractivity contribution in [2.75, 3.05) is 26.0 Å². The lowest BCUT2D eigenvalue weighted by molar-refractivity contribution is -0.126. The first kappa shape index (κ1) is 11.3. The van der Waals surface area contributed by atoms with E-state index in [1.165, 1.54) is 4.90 Å². The Morgan fingerprint density at radius 3 is 2.71 bits per heavy atom. The summed E-state index contributed by atoms with van der Waals surface area (Å²) < 4.78 is 0. The molecule has 90 valence electrons. The zero-order valence-corrected chi connectivity index (χ0v) is 9.70. The topological polar surface area (TPSA) is 81.0 Å². The zero-order chi connectivity index (χ0) is 12.4. The van der Waals surface area contributed by atoms with Gasteiger partial charge >= 0.3 is 5.69 Å². The van der Waals surface area contributed by atoms with Gasteiger partial charge < -0.3 is 20.2 Å². The monoisotopic (exact) mass is 234 g/mol. The van der Waals surface area contributed by atoms with Crippen LogP contribution in [0.5, 0.6) is 0 Å². The summed E-state index contributed by atoms with van der Waals surface area (Å²) in [7, 11) is 3.41. The third-order valence-corrected chi connectivity index (χ3v) is 2.46. The molecule has 0 radical (unpaired) electrons. The van der Waals surface area contributed by atoms with Crippen molar-refractivity contribution in [3.05, 3.63) is 28.7 Å². The lowest BCUT2D eigenvalue weighted by Crippen LogP contribution is -2.28. The van der Waals surface area contributed by atoms with Gasteiger partial charge in [0.2, 0.25) is 5.91 Å². The predicted octanol–water partition coefficient (Wildman–Crippen LogP) is 0.356. The number of aromatic amines is 2. The SMILES string of the molecule is CN(C)C(=O)CNc1ccc2[nH]c(=O)[nH]c2c1. The quantitative estimate of drug-likeness (QED) is 0.717. The first-order chi connectivity index (χ1) is 8.06. The molecule has 0 unspecified atom stereocenters. The highest BCUT2D eigenvalue weighted by molar-refractivity contribution is 5.82. The Bertz CT molecular complexity index is 597. The maximum atomic E-state index is 11.4. The van der Waals surface area contributed by atoms with Gasteiger partial charge in [-0.2, -0.15) is 0 Å². The molecule has 2 aromatic rings. The molecule has 0 saturated heterocycles. The van der Waals surface area contributed by atoms with Crippen LogP contribution in [0.1, 0.15) is 0 Å². The molecule has 0 bridgehead atoms. The van der Waals surface area contributed by atoms with Crippen LogP contribution in [0.3, 0.4) is 0 Å². The Balaban J connectivity index is 2.14. The van der Waals surface area contributed by atoms with E-state index in [1.807, 2.05) is 6.07 Å². The van der Waals surface area contributed by atoms with Gasteiger partial charge in [-0.25, -0.2) is 4.79 Å². The highest BCUT2D eigenvalue weighted by atomic mass is 16.2. The summed E-state index contributed by atoms with van der Waals surface area (Å²) in [6.45, 7) is 0.229. The van der Waals surface area contributed by atoms with Crippen molar-refractivity contribution in [1.29, 1.82) is 0 Å². The molecule has 1 aromatic heterocycles. The van der Waals surface area contributed by atoms with Crippen LogP contribution in [0.2, 0.25) is 0 Å². The fourth-order valence-corrected chi connectivity index (χ4v) is 1.48. The number of nitrogens with one attached hydrogen (secondary N) is 3. The number of nitrogens with zero attached hydrogens (tertiary/aromatic N) is 1. The highest BCUT2D eigenvalue weighted by Gasteiger charge is 2.04. The normalized spacial score (nSPS) is 10.5. The molecule has 1 amide bonds. The molecule has 6 heteroatoms. The molecule has 0 aliphatic carbocycles. The van der Waals surface area contributed by atoms with E-state index in [-0.39, 0.29) is 18.1 Å². The molecule has 2 rings (SSSR count). The van der Waals surface area contributed by atoms with Gasteiger partial charge in [-0.15, -0.1) is 0 Å². The molecule has 0 fully saturated rings. The minimum atomic E-state index is -0.235. The van der Waals surface area contributed by atoms with Gasteiger partial charge in [0.1, 0.15) is 0 Å². The number of carbonyl (C=O) groups excluding carboxylic acids is 1. The summed E-state index contributed by atoms with van der Waals surface area (Å²) in [5.41, 5.74) is 2.03. The maximum Gasteiger partial charge on any atom is 0.323 e. The van der Waals surface area contributed by atoms with E-state index in [9.17, 15) is 9.59 Å². The van der Waals surface area contributed by atoms with Gasteiger partial charge in [-0.3, -0.25) is 4.79 Å². The van der Waals surface area contributed by atoms with Gasteiger partial charge in [0.25, 0.3) is 0 Å². The number of aromatic nitrogens is 2. The van der Waals surface area contributed by atoms with E-state index in [4.69, 9.17) is 0 Å². The third-order valence-electron chi connectivity index (χ3n) is 2.46. The summed E-state index contributed by atoms with van der Waals surface area (Å²) in [5.74, 6) is -0.00680. The zero-order valence-electron chi connectivity index (χ0n) is 9.70. The van der Waals surface area contributed by atoms with Crippen LogP contribution >= 0.6 is 0 Å². The molecule has 0 spiro atoms. The van der Waals surface area contributed by atoms with Gasteiger partial charge in [-0.1, -0.05) is 0 Å². The molecular formula is C11H14N4O2. The van der Waals surface area contributed by atoms with E-state index >= 15 is 0 Å². The van der Waals surface area contributed by atoms with E-state index in [2.05, 4.69) is 15.3 Å². The van der Waals surface area contributed by atoms with Gasteiger partial charge in [-0.05, 0) is 18.2 Å². The Hall–Kier alpha value is -2.24. The number of hydrogen-bond acceptors (Lipinski definition) is 3. The molecule has 0 saturated carbocycles. The number of carbonyl (C=O) groups is 1.